The molecule has 11 nitrogen and oxygen atoms in total. The molecule has 6 rings (SSSR count). The van der Waals surface area contributed by atoms with Gasteiger partial charge in [0.15, 0.2) is 0 Å². The molecule has 2 aromatic rings. The lowest BCUT2D eigenvalue weighted by Crippen LogP contribution is -2.55. The molecule has 4 aliphatic heterocycles. The van der Waals surface area contributed by atoms with Crippen LogP contribution in [0.3, 0.4) is 0 Å². The molecule has 2 fully saturated rings. The number of hydrogen-bond acceptors (Lipinski definition) is 8. The van der Waals surface area contributed by atoms with Crippen LogP contribution in [-0.4, -0.2) is 84.9 Å². The zero-order valence-electron chi connectivity index (χ0n) is 27.2. The number of carbonyl (C=O) groups is 4. The van der Waals surface area contributed by atoms with Crippen LogP contribution in [-0.2, 0) is 28.7 Å². The fraction of sp³-hybridized carbons (Fsp3) is 0.459. The molecule has 48 heavy (non-hydrogen) atoms. The Bertz CT molecular complexity index is 1540. The van der Waals surface area contributed by atoms with Crippen LogP contribution < -0.4 is 15.0 Å². The first kappa shape index (κ1) is 33.4. The molecule has 6 atom stereocenters. The maximum atomic E-state index is 14.7. The number of anilines is 1. The third kappa shape index (κ3) is 6.49. The van der Waals surface area contributed by atoms with Crippen molar-refractivity contribution in [3.63, 3.8) is 0 Å². The summed E-state index contributed by atoms with van der Waals surface area (Å²) in [5.41, 5.74) is 0.0155. The zero-order chi connectivity index (χ0) is 33.7. The van der Waals surface area contributed by atoms with Crippen LogP contribution in [0.5, 0.6) is 5.75 Å². The predicted molar refractivity (Wildman–Crippen MR) is 177 cm³/mol. The fourth-order valence-electron chi connectivity index (χ4n) is 7.42. The minimum Gasteiger partial charge on any atom is -0.497 e. The van der Waals surface area contributed by atoms with Gasteiger partial charge in [-0.05, 0) is 49.1 Å². The first-order valence-electron chi connectivity index (χ1n) is 16.8. The van der Waals surface area contributed by atoms with Crippen molar-refractivity contribution in [3.8, 4) is 5.75 Å². The summed E-state index contributed by atoms with van der Waals surface area (Å²) in [5.74, 6) is -2.64. The van der Waals surface area contributed by atoms with Crippen molar-refractivity contribution < 1.29 is 38.5 Å². The number of amides is 3. The Morgan fingerprint density at radius 1 is 0.958 bits per heavy atom. The Labute approximate surface area is 280 Å². The van der Waals surface area contributed by atoms with Crippen molar-refractivity contribution >= 4 is 29.4 Å². The second kappa shape index (κ2) is 14.7. The normalized spacial score (nSPS) is 29.5. The Kier molecular flexibility index (Phi) is 10.3. The molecule has 1 spiro atoms. The summed E-state index contributed by atoms with van der Waals surface area (Å²) in [4.78, 5) is 59.5. The summed E-state index contributed by atoms with van der Waals surface area (Å²) in [6.45, 7) is 0.603. The van der Waals surface area contributed by atoms with Crippen molar-refractivity contribution in [2.45, 2.75) is 62.3 Å². The zero-order valence-corrected chi connectivity index (χ0v) is 27.2. The number of carbonyl (C=O) groups excluding carboxylic acids is 4. The number of fused-ring (bicyclic) bond motifs is 2. The number of aliphatic hydroxyl groups is 1. The van der Waals surface area contributed by atoms with E-state index in [0.717, 1.165) is 18.4 Å². The second-order valence-corrected chi connectivity index (χ2v) is 12.7. The Hall–Kier alpha value is -4.48. The van der Waals surface area contributed by atoms with Crippen molar-refractivity contribution in [1.29, 1.82) is 0 Å². The number of nitrogens with one attached hydrogen (secondary N) is 1. The van der Waals surface area contributed by atoms with Crippen LogP contribution in [0.2, 0.25) is 0 Å². The van der Waals surface area contributed by atoms with Crippen LogP contribution in [0.15, 0.2) is 78.9 Å². The third-order valence-electron chi connectivity index (χ3n) is 9.76. The maximum absolute atomic E-state index is 14.7. The summed E-state index contributed by atoms with van der Waals surface area (Å²) in [6, 6.07) is 14.8. The van der Waals surface area contributed by atoms with Gasteiger partial charge < -0.3 is 34.4 Å². The number of likely N-dealkylation sites (tertiary alicyclic amines) is 1. The summed E-state index contributed by atoms with van der Waals surface area (Å²) < 4.78 is 17.7. The summed E-state index contributed by atoms with van der Waals surface area (Å²) >= 11 is 0. The van der Waals surface area contributed by atoms with Gasteiger partial charge >= 0.3 is 5.97 Å². The van der Waals surface area contributed by atoms with Gasteiger partial charge in [-0.3, -0.25) is 19.2 Å². The van der Waals surface area contributed by atoms with Crippen molar-refractivity contribution in [1.82, 2.24) is 10.2 Å². The highest BCUT2D eigenvalue weighted by molar-refractivity contribution is 6.05. The maximum Gasteiger partial charge on any atom is 0.306 e. The number of esters is 1. The minimum absolute atomic E-state index is 0.0574. The molecule has 2 saturated heterocycles. The van der Waals surface area contributed by atoms with Gasteiger partial charge in [-0.2, -0.15) is 0 Å². The van der Waals surface area contributed by atoms with E-state index in [4.69, 9.17) is 14.2 Å². The predicted octanol–water partition coefficient (Wildman–Crippen LogP) is 3.48. The van der Waals surface area contributed by atoms with Crippen LogP contribution >= 0.6 is 0 Å². The van der Waals surface area contributed by atoms with Crippen LogP contribution in [0.4, 0.5) is 5.69 Å². The molecule has 0 radical (unpaired) electrons. The molecule has 0 unspecified atom stereocenters. The van der Waals surface area contributed by atoms with E-state index in [1.807, 2.05) is 54.6 Å². The van der Waals surface area contributed by atoms with Crippen molar-refractivity contribution in [2.75, 3.05) is 38.3 Å². The number of rotatable bonds is 9. The fourth-order valence-corrected chi connectivity index (χ4v) is 7.42. The van der Waals surface area contributed by atoms with E-state index in [-0.39, 0.29) is 44.0 Å². The minimum atomic E-state index is -1.40. The van der Waals surface area contributed by atoms with Gasteiger partial charge in [0.05, 0.1) is 31.1 Å². The first-order chi connectivity index (χ1) is 23.4. The number of benzene rings is 2. The Morgan fingerprint density at radius 3 is 2.48 bits per heavy atom. The molecular formula is C37H43N3O8. The highest BCUT2D eigenvalue weighted by Gasteiger charge is 2.71. The van der Waals surface area contributed by atoms with Gasteiger partial charge in [-0.1, -0.05) is 67.5 Å². The highest BCUT2D eigenvalue weighted by atomic mass is 16.5. The van der Waals surface area contributed by atoms with Crippen molar-refractivity contribution in [3.05, 3.63) is 84.5 Å². The molecule has 3 amide bonds. The molecule has 0 bridgehead atoms. The number of aliphatic hydroxyl groups excluding tert-OH is 1. The number of methoxy groups -OCH3 is 1. The summed E-state index contributed by atoms with van der Waals surface area (Å²) in [5, 5.41) is 12.3. The molecule has 0 aromatic heterocycles. The monoisotopic (exact) mass is 657 g/mol. The molecule has 254 valence electrons. The lowest BCUT2D eigenvalue weighted by molar-refractivity contribution is -0.146. The van der Waals surface area contributed by atoms with Crippen LogP contribution in [0, 0.1) is 11.8 Å². The summed E-state index contributed by atoms with van der Waals surface area (Å²) in [6.07, 6.45) is 9.77. The number of hydrogen-bond donors (Lipinski definition) is 2. The largest absolute Gasteiger partial charge is 0.497 e. The van der Waals surface area contributed by atoms with E-state index in [2.05, 4.69) is 5.32 Å². The number of unbranched alkanes of at least 4 members (excludes halogenated alkanes) is 3. The molecule has 4 heterocycles. The highest BCUT2D eigenvalue weighted by Crippen LogP contribution is 2.53. The second-order valence-electron chi connectivity index (χ2n) is 12.7. The molecule has 2 aromatic carbocycles. The number of allylic oxidation sites excluding steroid dienone is 1. The van der Waals surface area contributed by atoms with Gasteiger partial charge in [0.1, 0.15) is 24.0 Å². The lowest BCUT2D eigenvalue weighted by atomic mass is 9.77. The average Bonchev–Trinajstić information content (AvgIpc) is 3.48. The average molecular weight is 658 g/mol. The Balaban J connectivity index is 1.39. The molecular weight excluding hydrogens is 614 g/mol. The standard InChI is InChI=1S/C37H43N3O8/c1-46-27-18-16-26(17-19-27)39-22-11-20-37-32(35(44)40(33(37)36(39)45)21-9-2-3-10-23-41)31-29(48-37)14-7-8-15-30(42)47-24-28(38-34(31)43)25-12-5-4-6-13-25/h4-7,11-14,16-20,28-29,31-33,41H,2-3,8-10,15,21-24H2,1H3,(H,38,43)/b14-7-/t28-,29+,31-,32-,33+,37-/m0/s1. The molecule has 4 aliphatic rings. The van der Waals surface area contributed by atoms with E-state index in [1.165, 1.54) is 0 Å². The molecule has 0 aliphatic carbocycles. The first-order valence-corrected chi connectivity index (χ1v) is 16.8. The van der Waals surface area contributed by atoms with E-state index >= 15 is 0 Å². The Morgan fingerprint density at radius 2 is 1.73 bits per heavy atom. The SMILES string of the molecule is COc1ccc(N2CC=C[C@]34O[C@@H]5/C=C\CCC(=O)OC[C@@H](c6ccccc6)NC(=O)[C@@H]5[C@H]3C(=O)N(CCCCCCO)[C@@H]4C2=O)cc1. The molecule has 2 N–H and O–H groups in total. The van der Waals surface area contributed by atoms with E-state index in [1.54, 1.807) is 41.2 Å². The van der Waals surface area contributed by atoms with Crippen LogP contribution in [0.25, 0.3) is 0 Å². The van der Waals surface area contributed by atoms with Crippen LogP contribution in [0.1, 0.15) is 50.1 Å². The van der Waals surface area contributed by atoms with E-state index in [9.17, 15) is 24.3 Å². The number of ether oxygens (including phenoxy) is 3. The van der Waals surface area contributed by atoms with E-state index in [0.29, 0.717) is 37.2 Å². The molecule has 11 heteroatoms. The smallest absolute Gasteiger partial charge is 0.306 e. The number of cyclic esters (lactones) is 1. The lowest BCUT2D eigenvalue weighted by Gasteiger charge is -2.35. The topological polar surface area (TPSA) is 135 Å². The van der Waals surface area contributed by atoms with Gasteiger partial charge in [0.25, 0.3) is 5.91 Å². The van der Waals surface area contributed by atoms with Gasteiger partial charge in [-0.25, -0.2) is 0 Å². The summed E-state index contributed by atoms with van der Waals surface area (Å²) in [7, 11) is 1.58. The van der Waals surface area contributed by atoms with Gasteiger partial charge in [0.2, 0.25) is 11.8 Å². The molecule has 0 saturated carbocycles. The van der Waals surface area contributed by atoms with Crippen molar-refractivity contribution in [2.24, 2.45) is 11.8 Å². The third-order valence-corrected chi connectivity index (χ3v) is 9.76. The number of nitrogens with zero attached hydrogens (tertiary/aromatic N) is 2. The quantitative estimate of drug-likeness (QED) is 0.238. The van der Waals surface area contributed by atoms with E-state index < -0.39 is 41.5 Å². The van der Waals surface area contributed by atoms with Gasteiger partial charge in [-0.15, -0.1) is 0 Å². The van der Waals surface area contributed by atoms with Gasteiger partial charge in [0, 0.05) is 31.8 Å².